The number of esters is 3. The third-order valence-electron chi connectivity index (χ3n) is 16.1. The number of halogens is 6. The van der Waals surface area contributed by atoms with Gasteiger partial charge in [0.1, 0.15) is 71.1 Å². The van der Waals surface area contributed by atoms with Gasteiger partial charge in [-0.3, -0.25) is 0 Å². The Morgan fingerprint density at radius 1 is 0.388 bits per heavy atom. The van der Waals surface area contributed by atoms with Crippen molar-refractivity contribution < 1.29 is 57.0 Å². The van der Waals surface area contributed by atoms with Crippen molar-refractivity contribution in [1.82, 2.24) is 0 Å². The molecule has 3 fully saturated rings. The lowest BCUT2D eigenvalue weighted by atomic mass is 9.86. The number of thiol groups is 1. The van der Waals surface area contributed by atoms with E-state index in [0.29, 0.717) is 34.5 Å². The molecular weight excluding hydrogens is 1780 g/mol. The van der Waals surface area contributed by atoms with Gasteiger partial charge in [0.15, 0.2) is 19.8 Å². The van der Waals surface area contributed by atoms with Crippen LogP contribution in [-0.2, 0) is 48.4 Å². The Bertz CT molecular complexity index is 3260. The van der Waals surface area contributed by atoms with Crippen LogP contribution in [0.1, 0.15) is 134 Å². The number of fused-ring (bicyclic) bond motifs is 3. The van der Waals surface area contributed by atoms with Crippen molar-refractivity contribution in [3.05, 3.63) is 135 Å². The summed E-state index contributed by atoms with van der Waals surface area (Å²) in [5.74, 6) is 2.77. The lowest BCUT2D eigenvalue weighted by Gasteiger charge is -2.33. The van der Waals surface area contributed by atoms with Gasteiger partial charge in [0.05, 0.1) is 10.7 Å². The molecule has 0 amide bonds. The molecule has 85 heavy (non-hydrogen) atoms. The van der Waals surface area contributed by atoms with E-state index in [1.807, 2.05) is 81.4 Å². The van der Waals surface area contributed by atoms with E-state index >= 15 is 0 Å². The van der Waals surface area contributed by atoms with Gasteiger partial charge in [0.25, 0.3) is 0 Å². The molecule has 6 aromatic rings. The lowest BCUT2D eigenvalue weighted by Crippen LogP contribution is -2.35. The van der Waals surface area contributed by atoms with Crippen molar-refractivity contribution in [3.8, 4) is 45.6 Å². The van der Waals surface area contributed by atoms with Crippen LogP contribution in [0.2, 0.25) is 0 Å². The van der Waals surface area contributed by atoms with Crippen molar-refractivity contribution in [2.45, 2.75) is 168 Å². The van der Waals surface area contributed by atoms with E-state index in [4.69, 9.17) is 42.6 Å². The van der Waals surface area contributed by atoms with Gasteiger partial charge in [-0.25, -0.2) is 14.4 Å². The van der Waals surface area contributed by atoms with E-state index in [2.05, 4.69) is 172 Å². The van der Waals surface area contributed by atoms with Crippen LogP contribution >= 0.6 is 146 Å². The Hall–Kier alpha value is -2.74. The first kappa shape index (κ1) is 65.2. The molecule has 1 aliphatic heterocycles. The molecule has 0 atom stereocenters. The highest BCUT2D eigenvalue weighted by atomic mass is 127. The summed E-state index contributed by atoms with van der Waals surface area (Å²) in [5, 5.41) is 0. The maximum Gasteiger partial charge on any atom is 0.344 e. The topological polar surface area (TPSA) is 134 Å². The van der Waals surface area contributed by atoms with E-state index in [1.165, 1.54) is 16.2 Å². The van der Waals surface area contributed by atoms with Gasteiger partial charge < -0.3 is 42.6 Å². The fourth-order valence-electron chi connectivity index (χ4n) is 11.8. The number of benzene rings is 6. The Morgan fingerprint density at radius 3 is 1.02 bits per heavy atom. The highest BCUT2D eigenvalue weighted by molar-refractivity contribution is 14.1. The van der Waals surface area contributed by atoms with Crippen LogP contribution in [0.25, 0.3) is 11.1 Å². The van der Waals surface area contributed by atoms with Gasteiger partial charge in [0.2, 0.25) is 0 Å². The second-order valence-corrected chi connectivity index (χ2v) is 32.4. The van der Waals surface area contributed by atoms with E-state index in [1.54, 1.807) is 0 Å². The first-order chi connectivity index (χ1) is 40.8. The van der Waals surface area contributed by atoms with Gasteiger partial charge in [0, 0.05) is 37.2 Å². The predicted octanol–water partition coefficient (Wildman–Crippen LogP) is 18.4. The molecule has 0 N–H and O–H groups in total. The van der Waals surface area contributed by atoms with Crippen LogP contribution < -0.4 is 28.4 Å². The highest BCUT2D eigenvalue weighted by Gasteiger charge is 2.35. The minimum atomic E-state index is -1.04. The Kier molecular flexibility index (Phi) is 22.6. The van der Waals surface area contributed by atoms with Crippen LogP contribution in [0.3, 0.4) is 0 Å². The van der Waals surface area contributed by atoms with Crippen LogP contribution in [-0.4, -0.2) is 54.5 Å². The van der Waals surface area contributed by atoms with Gasteiger partial charge in [-0.05, 0) is 346 Å². The molecule has 0 spiro atoms. The molecule has 452 valence electrons. The van der Waals surface area contributed by atoms with Crippen molar-refractivity contribution in [2.75, 3.05) is 19.8 Å². The molecule has 3 aliphatic carbocycles. The van der Waals surface area contributed by atoms with Crippen LogP contribution in [0.4, 0.5) is 0 Å². The first-order valence-electron chi connectivity index (χ1n) is 28.9. The molecule has 10 rings (SSSR count). The molecule has 19 heteroatoms. The minimum Gasteiger partial charge on any atom is -0.489 e. The van der Waals surface area contributed by atoms with E-state index in [9.17, 15) is 14.4 Å². The Labute approximate surface area is 583 Å². The minimum absolute atomic E-state index is 0.177. The Morgan fingerprint density at radius 2 is 0.694 bits per heavy atom. The fourth-order valence-corrected chi connectivity index (χ4v) is 20.7. The zero-order valence-corrected chi connectivity index (χ0v) is 61.5. The second kappa shape index (κ2) is 29.5. The van der Waals surface area contributed by atoms with Crippen molar-refractivity contribution in [2.24, 2.45) is 0 Å². The number of rotatable bonds is 22. The highest BCUT2D eigenvalue weighted by Crippen LogP contribution is 2.63. The lowest BCUT2D eigenvalue weighted by molar-refractivity contribution is -0.164. The third kappa shape index (κ3) is 17.2. The number of hydrogen-bond donors (Lipinski definition) is 1. The summed E-state index contributed by atoms with van der Waals surface area (Å²) in [7, 11) is -1.04. The predicted molar refractivity (Wildman–Crippen MR) is 380 cm³/mol. The van der Waals surface area contributed by atoms with Crippen LogP contribution in [0, 0.1) is 21.4 Å². The quantitative estimate of drug-likeness (QED) is 0.0300. The van der Waals surface area contributed by atoms with Crippen LogP contribution in [0.5, 0.6) is 34.5 Å². The summed E-state index contributed by atoms with van der Waals surface area (Å²) in [5.41, 5.74) is 3.19. The standard InChI is InChI=1S/C66H68I6O12S/c1-64(21-7-4-8-22-64)82-58(73)38-79-61-41(27-44(67)30-53(61)70)35-76-47-13-17-50(18-14-47)85-56-19-15-48(77-36-42-28-45(68)31-54(71)62(42)80-39-59(74)83-65(2)23-9-5-10-24-65)33-51(56)52-34-49(16-20-57(52)85)78-37-43-29-46(69)32-55(72)63(43)81-40-60(75)84-66(3)25-11-6-12-26-66/h13-20,27-34,85H,4-12,21-26,35-40H2,1-3H3. The van der Waals surface area contributed by atoms with Gasteiger partial charge in [-0.1, -0.05) is 19.3 Å². The Balaban J connectivity index is 0.883. The zero-order chi connectivity index (χ0) is 59.9. The molecule has 12 nitrogen and oxygen atoms in total. The first-order valence-corrected chi connectivity index (χ1v) is 36.7. The van der Waals surface area contributed by atoms with Gasteiger partial charge in [-0.15, -0.1) is 0 Å². The molecule has 3 saturated carbocycles. The maximum absolute atomic E-state index is 13.2. The molecule has 0 aromatic heterocycles. The van der Waals surface area contributed by atoms with Gasteiger partial charge >= 0.3 is 17.9 Å². The number of carbonyl (C=O) groups excluding carboxylic acids is 3. The zero-order valence-electron chi connectivity index (χ0n) is 47.7. The third-order valence-corrected chi connectivity index (χ3v) is 22.9. The van der Waals surface area contributed by atoms with Crippen LogP contribution in [0.15, 0.2) is 112 Å². The monoisotopic (exact) mass is 1850 g/mol. The fraction of sp³-hybridized carbons (Fsp3) is 0.409. The molecule has 0 unspecified atom stereocenters. The largest absolute Gasteiger partial charge is 0.489 e. The average Bonchev–Trinajstić information content (AvgIpc) is 1.77. The molecule has 0 radical (unpaired) electrons. The maximum atomic E-state index is 13.2. The molecule has 0 bridgehead atoms. The SMILES string of the molecule is CC1(OC(=O)COc2c(I)cc(I)cc2COc2ccc([SH]3c4ccc(OCc5cc(I)cc(I)c5OCC(=O)OC5(C)CCCCC5)cc4-c4cc(OCc5cc(I)cc(I)c5OCC(=O)OC5(C)CCCCC5)ccc43)cc2)CCCCC1. The average molecular weight is 1850 g/mol. The molecule has 1 heterocycles. The number of carbonyl (C=O) groups is 3. The summed E-state index contributed by atoms with van der Waals surface area (Å²) >= 11 is 13.7. The van der Waals surface area contributed by atoms with Crippen molar-refractivity contribution in [1.29, 1.82) is 0 Å². The summed E-state index contributed by atoms with van der Waals surface area (Å²) in [6.07, 6.45) is 15.0. The molecule has 0 saturated heterocycles. The van der Waals surface area contributed by atoms with E-state index in [-0.39, 0.29) is 57.5 Å². The molecule has 4 aliphatic rings. The van der Waals surface area contributed by atoms with Gasteiger partial charge in [-0.2, -0.15) is 10.9 Å². The van der Waals surface area contributed by atoms with Crippen molar-refractivity contribution in [3.63, 3.8) is 0 Å². The summed E-state index contributed by atoms with van der Waals surface area (Å²) in [6.45, 7) is 6.16. The summed E-state index contributed by atoms with van der Waals surface area (Å²) < 4.78 is 62.1. The van der Waals surface area contributed by atoms with E-state index < -0.39 is 27.7 Å². The number of ether oxygens (including phenoxy) is 9. The number of hydrogen-bond acceptors (Lipinski definition) is 12. The molecule has 6 aromatic carbocycles. The van der Waals surface area contributed by atoms with E-state index in [0.717, 1.165) is 144 Å². The molecular formula is C66H68I6O12S. The summed E-state index contributed by atoms with van der Waals surface area (Å²) in [4.78, 5) is 42.9. The van der Waals surface area contributed by atoms with Crippen molar-refractivity contribution >= 4 is 164 Å². The normalized spacial score (nSPS) is 16.9. The second-order valence-electron chi connectivity index (χ2n) is 23.0. The smallest absolute Gasteiger partial charge is 0.344 e. The summed E-state index contributed by atoms with van der Waals surface area (Å²) in [6, 6.07) is 33.1.